The van der Waals surface area contributed by atoms with Gasteiger partial charge in [0, 0.05) is 30.1 Å². The Kier molecular flexibility index (Phi) is 5.31. The van der Waals surface area contributed by atoms with Gasteiger partial charge in [0.25, 0.3) is 5.91 Å². The zero-order valence-corrected chi connectivity index (χ0v) is 15.5. The van der Waals surface area contributed by atoms with E-state index in [0.717, 1.165) is 55.1 Å². The Morgan fingerprint density at radius 3 is 2.75 bits per heavy atom. The van der Waals surface area contributed by atoms with Gasteiger partial charge in [-0.25, -0.2) is 0 Å². The van der Waals surface area contributed by atoms with E-state index in [1.54, 1.807) is 11.3 Å². The maximum atomic E-state index is 12.9. The monoisotopic (exact) mass is 343 g/mol. The van der Waals surface area contributed by atoms with Crippen LogP contribution in [-0.2, 0) is 0 Å². The van der Waals surface area contributed by atoms with Crippen LogP contribution in [0.5, 0.6) is 0 Å². The number of thiophene rings is 1. The molecule has 4 nitrogen and oxygen atoms in total. The highest BCUT2D eigenvalue weighted by Gasteiger charge is 2.30. The van der Waals surface area contributed by atoms with Gasteiger partial charge in [-0.3, -0.25) is 14.7 Å². The van der Waals surface area contributed by atoms with E-state index >= 15 is 0 Å². The van der Waals surface area contributed by atoms with Gasteiger partial charge in [-0.15, -0.1) is 0 Å². The van der Waals surface area contributed by atoms with Crippen LogP contribution in [0.25, 0.3) is 11.3 Å². The molecule has 1 aliphatic rings. The molecule has 0 aromatic carbocycles. The number of likely N-dealkylation sites (N-methyl/N-ethyl adjacent to an activating group) is 1. The van der Waals surface area contributed by atoms with Crippen molar-refractivity contribution in [3.05, 3.63) is 40.2 Å². The summed E-state index contributed by atoms with van der Waals surface area (Å²) in [5, 5.41) is 4.13. The molecule has 0 spiro atoms. The number of likely N-dealkylation sites (tertiary alicyclic amines) is 1. The zero-order chi connectivity index (χ0) is 17.1. The number of aryl methyl sites for hydroxylation is 1. The minimum Gasteiger partial charge on any atom is -0.337 e. The van der Waals surface area contributed by atoms with Crippen molar-refractivity contribution < 1.29 is 4.79 Å². The summed E-state index contributed by atoms with van der Waals surface area (Å²) in [4.78, 5) is 21.9. The molecule has 0 saturated carbocycles. The highest BCUT2D eigenvalue weighted by Crippen LogP contribution is 2.23. The maximum Gasteiger partial charge on any atom is 0.255 e. The minimum atomic E-state index is 0.117. The summed E-state index contributed by atoms with van der Waals surface area (Å²) in [5.74, 6) is 0.117. The molecule has 2 aromatic rings. The van der Waals surface area contributed by atoms with Gasteiger partial charge in [0.15, 0.2) is 0 Å². The quantitative estimate of drug-likeness (QED) is 0.831. The van der Waals surface area contributed by atoms with E-state index in [2.05, 4.69) is 35.2 Å². The highest BCUT2D eigenvalue weighted by molar-refractivity contribution is 7.08. The molecule has 0 aliphatic carbocycles. The van der Waals surface area contributed by atoms with Crippen LogP contribution in [-0.4, -0.2) is 52.9 Å². The van der Waals surface area contributed by atoms with E-state index in [4.69, 9.17) is 0 Å². The van der Waals surface area contributed by atoms with E-state index in [1.165, 1.54) is 0 Å². The lowest BCUT2D eigenvalue weighted by Crippen LogP contribution is -2.38. The van der Waals surface area contributed by atoms with Crippen molar-refractivity contribution in [3.8, 4) is 11.3 Å². The van der Waals surface area contributed by atoms with E-state index in [0.29, 0.717) is 6.04 Å². The van der Waals surface area contributed by atoms with Gasteiger partial charge >= 0.3 is 0 Å². The van der Waals surface area contributed by atoms with E-state index in [-0.39, 0.29) is 5.91 Å². The molecule has 0 bridgehead atoms. The molecule has 1 amide bonds. The topological polar surface area (TPSA) is 36.4 Å². The standard InChI is InChI=1S/C19H25N3OS/c1-4-21(5-2)16-8-10-22(12-16)19(23)17-6-7-18(20-14(17)3)15-9-11-24-13-15/h6-7,9,11,13,16H,4-5,8,10,12H2,1-3H3. The third kappa shape index (κ3) is 3.37. The molecule has 1 unspecified atom stereocenters. The van der Waals surface area contributed by atoms with Crippen molar-refractivity contribution in [3.63, 3.8) is 0 Å². The molecule has 1 fully saturated rings. The number of amides is 1. The fourth-order valence-corrected chi connectivity index (χ4v) is 4.14. The Balaban J connectivity index is 1.74. The predicted molar refractivity (Wildman–Crippen MR) is 99.5 cm³/mol. The lowest BCUT2D eigenvalue weighted by Gasteiger charge is -2.26. The minimum absolute atomic E-state index is 0.117. The van der Waals surface area contributed by atoms with Gasteiger partial charge in [-0.1, -0.05) is 13.8 Å². The Morgan fingerprint density at radius 2 is 2.12 bits per heavy atom. The molecular weight excluding hydrogens is 318 g/mol. The van der Waals surface area contributed by atoms with Crippen LogP contribution >= 0.6 is 11.3 Å². The average molecular weight is 343 g/mol. The summed E-state index contributed by atoms with van der Waals surface area (Å²) in [7, 11) is 0. The fourth-order valence-electron chi connectivity index (χ4n) is 3.49. The number of carbonyl (C=O) groups is 1. The lowest BCUT2D eigenvalue weighted by atomic mass is 10.1. The normalized spacial score (nSPS) is 17.7. The summed E-state index contributed by atoms with van der Waals surface area (Å²) in [6.07, 6.45) is 1.06. The van der Waals surface area contributed by atoms with Gasteiger partial charge in [-0.05, 0) is 50.0 Å². The Hall–Kier alpha value is -1.72. The van der Waals surface area contributed by atoms with Gasteiger partial charge in [0.2, 0.25) is 0 Å². The van der Waals surface area contributed by atoms with Crippen LogP contribution in [0.3, 0.4) is 0 Å². The number of hydrogen-bond acceptors (Lipinski definition) is 4. The number of hydrogen-bond donors (Lipinski definition) is 0. The second-order valence-corrected chi connectivity index (χ2v) is 7.04. The largest absolute Gasteiger partial charge is 0.337 e. The molecule has 1 aliphatic heterocycles. The summed E-state index contributed by atoms with van der Waals surface area (Å²) < 4.78 is 0. The first-order valence-electron chi connectivity index (χ1n) is 8.67. The molecule has 3 heterocycles. The van der Waals surface area contributed by atoms with Gasteiger partial charge in [0.1, 0.15) is 0 Å². The second-order valence-electron chi connectivity index (χ2n) is 6.26. The third-order valence-corrected chi connectivity index (χ3v) is 5.60. The van der Waals surface area contributed by atoms with Crippen molar-refractivity contribution in [2.75, 3.05) is 26.2 Å². The van der Waals surface area contributed by atoms with Crippen LogP contribution in [0.2, 0.25) is 0 Å². The number of rotatable bonds is 5. The smallest absolute Gasteiger partial charge is 0.255 e. The highest BCUT2D eigenvalue weighted by atomic mass is 32.1. The lowest BCUT2D eigenvalue weighted by molar-refractivity contribution is 0.0777. The molecule has 5 heteroatoms. The van der Waals surface area contributed by atoms with Gasteiger partial charge < -0.3 is 4.90 Å². The number of aromatic nitrogens is 1. The first kappa shape index (κ1) is 17.1. The molecule has 2 aromatic heterocycles. The van der Waals surface area contributed by atoms with Crippen LogP contribution in [0.4, 0.5) is 0 Å². The summed E-state index contributed by atoms with van der Waals surface area (Å²) in [6.45, 7) is 10.0. The molecule has 0 N–H and O–H groups in total. The molecule has 1 saturated heterocycles. The van der Waals surface area contributed by atoms with Gasteiger partial charge in [0.05, 0.1) is 17.0 Å². The summed E-state index contributed by atoms with van der Waals surface area (Å²) in [5.41, 5.74) is 3.60. The first-order valence-corrected chi connectivity index (χ1v) is 9.61. The SMILES string of the molecule is CCN(CC)C1CCN(C(=O)c2ccc(-c3ccsc3)nc2C)C1. The number of carbonyl (C=O) groups excluding carboxylic acids is 1. The van der Waals surface area contributed by atoms with Gasteiger partial charge in [-0.2, -0.15) is 11.3 Å². The average Bonchev–Trinajstić information content (AvgIpc) is 3.27. The number of pyridine rings is 1. The second kappa shape index (κ2) is 7.45. The zero-order valence-electron chi connectivity index (χ0n) is 14.7. The maximum absolute atomic E-state index is 12.9. The molecule has 128 valence electrons. The first-order chi connectivity index (χ1) is 11.6. The molecule has 3 rings (SSSR count). The van der Waals surface area contributed by atoms with E-state index in [9.17, 15) is 4.79 Å². The molecular formula is C19H25N3OS. The molecule has 0 radical (unpaired) electrons. The van der Waals surface area contributed by atoms with Crippen LogP contribution in [0, 0.1) is 6.92 Å². The number of nitrogens with zero attached hydrogens (tertiary/aromatic N) is 3. The predicted octanol–water partition coefficient (Wildman–Crippen LogP) is 3.67. The van der Waals surface area contributed by atoms with Crippen molar-refractivity contribution >= 4 is 17.2 Å². The van der Waals surface area contributed by atoms with Crippen molar-refractivity contribution in [2.45, 2.75) is 33.2 Å². The Bertz CT molecular complexity index is 695. The van der Waals surface area contributed by atoms with Crippen molar-refractivity contribution in [2.24, 2.45) is 0 Å². The van der Waals surface area contributed by atoms with E-state index < -0.39 is 0 Å². The molecule has 1 atom stereocenters. The third-order valence-electron chi connectivity index (χ3n) is 4.91. The van der Waals surface area contributed by atoms with Crippen molar-refractivity contribution in [1.29, 1.82) is 0 Å². The Morgan fingerprint density at radius 1 is 1.33 bits per heavy atom. The van der Waals surface area contributed by atoms with Crippen LogP contribution in [0.15, 0.2) is 29.0 Å². The summed E-state index contributed by atoms with van der Waals surface area (Å²) in [6, 6.07) is 6.44. The van der Waals surface area contributed by atoms with Crippen molar-refractivity contribution in [1.82, 2.24) is 14.8 Å². The van der Waals surface area contributed by atoms with Crippen LogP contribution in [0.1, 0.15) is 36.3 Å². The molecule has 24 heavy (non-hydrogen) atoms. The Labute approximate surface area is 148 Å². The van der Waals surface area contributed by atoms with Crippen LogP contribution < -0.4 is 0 Å². The summed E-state index contributed by atoms with van der Waals surface area (Å²) >= 11 is 1.66. The fraction of sp³-hybridized carbons (Fsp3) is 0.474. The van der Waals surface area contributed by atoms with E-state index in [1.807, 2.05) is 29.3 Å².